The SMILES string of the molecule is C=C(C)C[C@@H](CO)NC(=O)[C@H](CC(C)C)NC(=O)[C@@H](C/C=C/c1ccccc1)CC(C)C. The van der Waals surface area contributed by atoms with Crippen LogP contribution in [0.4, 0.5) is 0 Å². The number of benzene rings is 1. The second kappa shape index (κ2) is 14.6. The van der Waals surface area contributed by atoms with Gasteiger partial charge in [-0.25, -0.2) is 0 Å². The number of amides is 2. The van der Waals surface area contributed by atoms with Gasteiger partial charge in [0.1, 0.15) is 6.04 Å². The number of carbonyl (C=O) groups excluding carboxylic acids is 2. The van der Waals surface area contributed by atoms with Gasteiger partial charge in [0.15, 0.2) is 0 Å². The predicted octanol–water partition coefficient (Wildman–Crippen LogP) is 4.73. The van der Waals surface area contributed by atoms with Crippen LogP contribution in [-0.2, 0) is 9.59 Å². The van der Waals surface area contributed by atoms with Crippen LogP contribution in [0.5, 0.6) is 0 Å². The molecule has 0 saturated heterocycles. The minimum absolute atomic E-state index is 0.0994. The second-order valence-corrected chi connectivity index (χ2v) is 9.62. The molecule has 0 radical (unpaired) electrons. The van der Waals surface area contributed by atoms with Gasteiger partial charge in [-0.05, 0) is 50.0 Å². The quantitative estimate of drug-likeness (QED) is 0.365. The molecular formula is C27H42N2O3. The average molecular weight is 443 g/mol. The molecule has 0 bridgehead atoms. The summed E-state index contributed by atoms with van der Waals surface area (Å²) in [5, 5.41) is 15.5. The average Bonchev–Trinajstić information content (AvgIpc) is 2.71. The Morgan fingerprint density at radius 3 is 2.16 bits per heavy atom. The number of hydrogen-bond acceptors (Lipinski definition) is 3. The van der Waals surface area contributed by atoms with Crippen LogP contribution in [0, 0.1) is 17.8 Å². The fourth-order valence-corrected chi connectivity index (χ4v) is 3.69. The van der Waals surface area contributed by atoms with E-state index in [4.69, 9.17) is 0 Å². The van der Waals surface area contributed by atoms with E-state index in [0.717, 1.165) is 17.6 Å². The molecule has 0 aliphatic heterocycles. The van der Waals surface area contributed by atoms with Gasteiger partial charge < -0.3 is 15.7 Å². The van der Waals surface area contributed by atoms with Gasteiger partial charge in [0.05, 0.1) is 12.6 Å². The minimum atomic E-state index is -0.630. The lowest BCUT2D eigenvalue weighted by molar-refractivity contribution is -0.132. The highest BCUT2D eigenvalue weighted by molar-refractivity contribution is 5.88. The molecule has 0 fully saturated rings. The van der Waals surface area contributed by atoms with Crippen molar-refractivity contribution >= 4 is 17.9 Å². The Morgan fingerprint density at radius 2 is 1.62 bits per heavy atom. The van der Waals surface area contributed by atoms with Crippen LogP contribution < -0.4 is 10.6 Å². The fraction of sp³-hybridized carbons (Fsp3) is 0.556. The smallest absolute Gasteiger partial charge is 0.242 e. The minimum Gasteiger partial charge on any atom is -0.394 e. The number of aliphatic hydroxyl groups is 1. The van der Waals surface area contributed by atoms with Crippen LogP contribution >= 0.6 is 0 Å². The first-order valence-corrected chi connectivity index (χ1v) is 11.7. The molecule has 5 heteroatoms. The van der Waals surface area contributed by atoms with E-state index in [-0.39, 0.29) is 30.3 Å². The van der Waals surface area contributed by atoms with Crippen LogP contribution in [0.1, 0.15) is 65.9 Å². The Balaban J connectivity index is 2.88. The standard InChI is InChI=1S/C27H42N2O3/c1-19(2)15-23(14-10-13-22-11-8-7-9-12-22)26(31)29-25(17-21(5)6)27(32)28-24(18-30)16-20(3)4/h7-13,19,21,23-25,30H,3,14-18H2,1-2,4-6H3,(H,28,32)(H,29,31)/b13-10+/t23-,24-,25-/m0/s1. The maximum absolute atomic E-state index is 13.2. The molecule has 178 valence electrons. The van der Waals surface area contributed by atoms with Gasteiger partial charge in [0.25, 0.3) is 0 Å². The number of hydrogen-bond donors (Lipinski definition) is 3. The first kappa shape index (κ1) is 27.6. The molecule has 0 spiro atoms. The zero-order chi connectivity index (χ0) is 24.1. The molecule has 0 saturated carbocycles. The molecule has 0 aliphatic carbocycles. The first-order chi connectivity index (χ1) is 15.1. The molecule has 5 nitrogen and oxygen atoms in total. The monoisotopic (exact) mass is 442 g/mol. The summed E-state index contributed by atoms with van der Waals surface area (Å²) in [6, 6.07) is 8.98. The normalized spacial score (nSPS) is 14.4. The molecule has 1 aromatic carbocycles. The Hall–Kier alpha value is -2.40. The van der Waals surface area contributed by atoms with Crippen molar-refractivity contribution in [3.05, 3.63) is 54.1 Å². The predicted molar refractivity (Wildman–Crippen MR) is 133 cm³/mol. The van der Waals surface area contributed by atoms with Gasteiger partial charge in [0, 0.05) is 5.92 Å². The van der Waals surface area contributed by atoms with E-state index in [1.807, 2.05) is 63.3 Å². The molecule has 3 N–H and O–H groups in total. The summed E-state index contributed by atoms with van der Waals surface area (Å²) < 4.78 is 0. The van der Waals surface area contributed by atoms with E-state index >= 15 is 0 Å². The lowest BCUT2D eigenvalue weighted by Gasteiger charge is -2.26. The van der Waals surface area contributed by atoms with Crippen molar-refractivity contribution in [3.63, 3.8) is 0 Å². The Morgan fingerprint density at radius 1 is 1.00 bits per heavy atom. The van der Waals surface area contributed by atoms with Gasteiger partial charge in [-0.2, -0.15) is 0 Å². The van der Waals surface area contributed by atoms with E-state index in [0.29, 0.717) is 25.2 Å². The highest BCUT2D eigenvalue weighted by Crippen LogP contribution is 2.18. The van der Waals surface area contributed by atoms with Gasteiger partial charge in [-0.1, -0.05) is 75.8 Å². The molecule has 1 rings (SSSR count). The van der Waals surface area contributed by atoms with Crippen LogP contribution in [0.3, 0.4) is 0 Å². The van der Waals surface area contributed by atoms with Crippen molar-refractivity contribution in [2.75, 3.05) is 6.61 Å². The third kappa shape index (κ3) is 11.3. The topological polar surface area (TPSA) is 78.4 Å². The lowest BCUT2D eigenvalue weighted by Crippen LogP contribution is -2.52. The summed E-state index contributed by atoms with van der Waals surface area (Å²) in [6.07, 6.45) is 6.47. The Bertz CT molecular complexity index is 741. The molecule has 0 heterocycles. The summed E-state index contributed by atoms with van der Waals surface area (Å²) >= 11 is 0. The van der Waals surface area contributed by atoms with E-state index in [1.165, 1.54) is 0 Å². The van der Waals surface area contributed by atoms with Crippen LogP contribution in [-0.4, -0.2) is 35.6 Å². The van der Waals surface area contributed by atoms with Gasteiger partial charge in [-0.15, -0.1) is 6.58 Å². The van der Waals surface area contributed by atoms with Crippen LogP contribution in [0.2, 0.25) is 0 Å². The van der Waals surface area contributed by atoms with Gasteiger partial charge in [0.2, 0.25) is 11.8 Å². The Labute approximate surface area is 194 Å². The summed E-state index contributed by atoms with van der Waals surface area (Å²) in [6.45, 7) is 13.8. The highest BCUT2D eigenvalue weighted by Gasteiger charge is 2.27. The highest BCUT2D eigenvalue weighted by atomic mass is 16.3. The van der Waals surface area contributed by atoms with E-state index in [2.05, 4.69) is 31.1 Å². The molecule has 0 aliphatic rings. The number of rotatable bonds is 14. The van der Waals surface area contributed by atoms with Crippen LogP contribution in [0.25, 0.3) is 6.08 Å². The van der Waals surface area contributed by atoms with Crippen molar-refractivity contribution < 1.29 is 14.7 Å². The number of aliphatic hydroxyl groups excluding tert-OH is 1. The first-order valence-electron chi connectivity index (χ1n) is 11.7. The van der Waals surface area contributed by atoms with E-state index < -0.39 is 12.1 Å². The molecule has 1 aromatic rings. The van der Waals surface area contributed by atoms with Crippen molar-refractivity contribution in [2.24, 2.45) is 17.8 Å². The van der Waals surface area contributed by atoms with Crippen LogP contribution in [0.15, 0.2) is 48.6 Å². The van der Waals surface area contributed by atoms with E-state index in [1.54, 1.807) is 0 Å². The molecule has 3 atom stereocenters. The zero-order valence-corrected chi connectivity index (χ0v) is 20.4. The van der Waals surface area contributed by atoms with Crippen molar-refractivity contribution in [1.29, 1.82) is 0 Å². The molecule has 2 amide bonds. The summed E-state index contributed by atoms with van der Waals surface area (Å²) in [4.78, 5) is 26.1. The summed E-state index contributed by atoms with van der Waals surface area (Å²) in [7, 11) is 0. The maximum atomic E-state index is 13.2. The lowest BCUT2D eigenvalue weighted by atomic mass is 9.92. The summed E-state index contributed by atoms with van der Waals surface area (Å²) in [5.41, 5.74) is 1.98. The zero-order valence-electron chi connectivity index (χ0n) is 20.4. The largest absolute Gasteiger partial charge is 0.394 e. The maximum Gasteiger partial charge on any atom is 0.242 e. The third-order valence-corrected chi connectivity index (χ3v) is 5.16. The molecule has 0 aromatic heterocycles. The second-order valence-electron chi connectivity index (χ2n) is 9.62. The third-order valence-electron chi connectivity index (χ3n) is 5.16. The fourth-order valence-electron chi connectivity index (χ4n) is 3.69. The van der Waals surface area contributed by atoms with Crippen molar-refractivity contribution in [3.8, 4) is 0 Å². The molecule has 32 heavy (non-hydrogen) atoms. The molecular weight excluding hydrogens is 400 g/mol. The van der Waals surface area contributed by atoms with Crippen molar-refractivity contribution in [1.82, 2.24) is 10.6 Å². The number of nitrogens with one attached hydrogen (secondary N) is 2. The Kier molecular flexibility index (Phi) is 12.6. The van der Waals surface area contributed by atoms with Crippen molar-refractivity contribution in [2.45, 2.75) is 72.4 Å². The molecule has 0 unspecified atom stereocenters. The van der Waals surface area contributed by atoms with E-state index in [9.17, 15) is 14.7 Å². The van der Waals surface area contributed by atoms with Gasteiger partial charge in [-0.3, -0.25) is 9.59 Å². The van der Waals surface area contributed by atoms with Gasteiger partial charge >= 0.3 is 0 Å². The summed E-state index contributed by atoms with van der Waals surface area (Å²) in [5.74, 6) is 0.0403. The number of carbonyl (C=O) groups is 2. The number of allylic oxidation sites excluding steroid dienone is 1.